The van der Waals surface area contributed by atoms with Gasteiger partial charge in [-0.2, -0.15) is 0 Å². The Morgan fingerprint density at radius 2 is 1.95 bits per heavy atom. The zero-order chi connectivity index (χ0) is 15.4. The maximum atomic E-state index is 13.6. The quantitative estimate of drug-likeness (QED) is 0.892. The van der Waals surface area contributed by atoms with Crippen molar-refractivity contribution < 1.29 is 13.6 Å². The highest BCUT2D eigenvalue weighted by Gasteiger charge is 2.20. The average Bonchev–Trinajstić information content (AvgIpc) is 2.96. The summed E-state index contributed by atoms with van der Waals surface area (Å²) in [7, 11) is 0. The van der Waals surface area contributed by atoms with Crippen molar-refractivity contribution in [2.75, 3.05) is 0 Å². The van der Waals surface area contributed by atoms with Gasteiger partial charge in [0.25, 0.3) is 0 Å². The van der Waals surface area contributed by atoms with Crippen molar-refractivity contribution in [3.8, 4) is 0 Å². The van der Waals surface area contributed by atoms with Crippen LogP contribution in [0.2, 0.25) is 0 Å². The zero-order valence-corrected chi connectivity index (χ0v) is 12.3. The highest BCUT2D eigenvalue weighted by Crippen LogP contribution is 2.18. The van der Waals surface area contributed by atoms with Gasteiger partial charge in [0.2, 0.25) is 5.91 Å². The predicted molar refractivity (Wildman–Crippen MR) is 78.9 cm³/mol. The molecule has 0 aliphatic rings. The van der Waals surface area contributed by atoms with Gasteiger partial charge in [0, 0.05) is 16.5 Å². The molecule has 0 bridgehead atoms. The molecule has 1 aromatic heterocycles. The maximum Gasteiger partial charge on any atom is 0.242 e. The molecule has 112 valence electrons. The summed E-state index contributed by atoms with van der Waals surface area (Å²) < 4.78 is 27.1. The second kappa shape index (κ2) is 6.78. The topological polar surface area (TPSA) is 55.1 Å². The summed E-state index contributed by atoms with van der Waals surface area (Å²) in [6.45, 7) is 1.69. The number of nitrogens with two attached hydrogens (primary N) is 1. The van der Waals surface area contributed by atoms with Gasteiger partial charge in [0.05, 0.1) is 0 Å². The van der Waals surface area contributed by atoms with Gasteiger partial charge in [0.1, 0.15) is 17.7 Å². The summed E-state index contributed by atoms with van der Waals surface area (Å²) in [5.41, 5.74) is 5.80. The molecule has 0 aliphatic heterocycles. The molecule has 1 heterocycles. The van der Waals surface area contributed by atoms with Crippen molar-refractivity contribution in [2.24, 2.45) is 5.73 Å². The van der Waals surface area contributed by atoms with E-state index in [1.165, 1.54) is 29.5 Å². The first kappa shape index (κ1) is 15.6. The van der Waals surface area contributed by atoms with E-state index in [1.807, 2.05) is 11.4 Å². The van der Waals surface area contributed by atoms with Crippen LogP contribution in [0.3, 0.4) is 0 Å². The van der Waals surface area contributed by atoms with E-state index in [-0.39, 0.29) is 17.9 Å². The lowest BCUT2D eigenvalue weighted by Crippen LogP contribution is -2.40. The first-order valence-electron chi connectivity index (χ1n) is 6.51. The minimum atomic E-state index is -0.766. The number of nitrogens with one attached hydrogen (secondary N) is 1. The molecule has 3 N–H and O–H groups in total. The molecule has 3 nitrogen and oxygen atoms in total. The molecule has 2 rings (SSSR count). The van der Waals surface area contributed by atoms with Gasteiger partial charge in [-0.25, -0.2) is 8.78 Å². The Labute approximate surface area is 125 Å². The monoisotopic (exact) mass is 310 g/mol. The SMILES string of the molecule is CC(Cc1c(F)cccc1F)NC(=O)C(N)c1cccs1. The van der Waals surface area contributed by atoms with Crippen molar-refractivity contribution in [3.63, 3.8) is 0 Å². The molecule has 2 aromatic rings. The van der Waals surface area contributed by atoms with E-state index in [4.69, 9.17) is 5.73 Å². The standard InChI is InChI=1S/C15H16F2N2OS/c1-9(8-10-11(16)4-2-5-12(10)17)19-15(20)14(18)13-6-3-7-21-13/h2-7,9,14H,8,18H2,1H3,(H,19,20). The van der Waals surface area contributed by atoms with Crippen LogP contribution in [0.25, 0.3) is 0 Å². The Balaban J connectivity index is 1.98. The Hall–Kier alpha value is -1.79. The van der Waals surface area contributed by atoms with Gasteiger partial charge in [-0.3, -0.25) is 4.79 Å². The van der Waals surface area contributed by atoms with Gasteiger partial charge in [-0.1, -0.05) is 12.1 Å². The van der Waals surface area contributed by atoms with Crippen molar-refractivity contribution in [1.29, 1.82) is 0 Å². The van der Waals surface area contributed by atoms with Crippen LogP contribution in [-0.2, 0) is 11.2 Å². The number of benzene rings is 1. The first-order valence-corrected chi connectivity index (χ1v) is 7.39. The fourth-order valence-electron chi connectivity index (χ4n) is 2.01. The molecule has 0 aliphatic carbocycles. The molecule has 0 saturated heterocycles. The molecule has 1 aromatic carbocycles. The molecule has 2 atom stereocenters. The largest absolute Gasteiger partial charge is 0.352 e. The number of halogens is 2. The van der Waals surface area contributed by atoms with Gasteiger partial charge in [-0.05, 0) is 36.9 Å². The first-order chi connectivity index (χ1) is 9.99. The van der Waals surface area contributed by atoms with E-state index >= 15 is 0 Å². The Morgan fingerprint density at radius 3 is 2.52 bits per heavy atom. The smallest absolute Gasteiger partial charge is 0.242 e. The Bertz CT molecular complexity index is 596. The molecule has 1 amide bonds. The van der Waals surface area contributed by atoms with Crippen LogP contribution in [0.1, 0.15) is 23.4 Å². The second-order valence-corrected chi connectivity index (χ2v) is 5.79. The lowest BCUT2D eigenvalue weighted by molar-refractivity contribution is -0.123. The highest BCUT2D eigenvalue weighted by atomic mass is 32.1. The normalized spacial score (nSPS) is 13.7. The molecule has 21 heavy (non-hydrogen) atoms. The highest BCUT2D eigenvalue weighted by molar-refractivity contribution is 7.10. The van der Waals surface area contributed by atoms with Crippen molar-refractivity contribution in [3.05, 3.63) is 57.8 Å². The van der Waals surface area contributed by atoms with E-state index in [2.05, 4.69) is 5.32 Å². The number of thiophene rings is 1. The van der Waals surface area contributed by atoms with Crippen molar-refractivity contribution in [2.45, 2.75) is 25.4 Å². The molecule has 0 spiro atoms. The van der Waals surface area contributed by atoms with Crippen molar-refractivity contribution >= 4 is 17.2 Å². The minimum absolute atomic E-state index is 0.0324. The van der Waals surface area contributed by atoms with Crippen molar-refractivity contribution in [1.82, 2.24) is 5.32 Å². The summed E-state index contributed by atoms with van der Waals surface area (Å²) in [5.74, 6) is -1.58. The van der Waals surface area contributed by atoms with E-state index in [1.54, 1.807) is 13.0 Å². The van der Waals surface area contributed by atoms with E-state index in [0.29, 0.717) is 0 Å². The summed E-state index contributed by atoms with van der Waals surface area (Å²) in [4.78, 5) is 12.7. The number of hydrogen-bond donors (Lipinski definition) is 2. The third-order valence-corrected chi connectivity index (χ3v) is 4.05. The number of hydrogen-bond acceptors (Lipinski definition) is 3. The lowest BCUT2D eigenvalue weighted by atomic mass is 10.1. The molecule has 2 unspecified atom stereocenters. The zero-order valence-electron chi connectivity index (χ0n) is 11.5. The van der Waals surface area contributed by atoms with Crippen LogP contribution < -0.4 is 11.1 Å². The second-order valence-electron chi connectivity index (χ2n) is 4.81. The third kappa shape index (κ3) is 3.86. The van der Waals surface area contributed by atoms with Gasteiger partial charge >= 0.3 is 0 Å². The lowest BCUT2D eigenvalue weighted by Gasteiger charge is -2.17. The fourth-order valence-corrected chi connectivity index (χ4v) is 2.74. The number of carbonyl (C=O) groups excluding carboxylic acids is 1. The summed E-state index contributed by atoms with van der Waals surface area (Å²) in [5, 5.41) is 4.51. The number of amides is 1. The summed E-state index contributed by atoms with van der Waals surface area (Å²) in [6.07, 6.45) is 0.0708. The van der Waals surface area contributed by atoms with Gasteiger partial charge < -0.3 is 11.1 Å². The Kier molecular flexibility index (Phi) is 5.03. The molecular formula is C15H16F2N2OS. The van der Waals surface area contributed by atoms with Crippen LogP contribution >= 0.6 is 11.3 Å². The fraction of sp³-hybridized carbons (Fsp3) is 0.267. The van der Waals surface area contributed by atoms with Crippen LogP contribution in [-0.4, -0.2) is 11.9 Å². The minimum Gasteiger partial charge on any atom is -0.352 e. The van der Waals surface area contributed by atoms with Crippen LogP contribution in [0.15, 0.2) is 35.7 Å². The number of carbonyl (C=O) groups is 1. The van der Waals surface area contributed by atoms with E-state index in [9.17, 15) is 13.6 Å². The average molecular weight is 310 g/mol. The summed E-state index contributed by atoms with van der Waals surface area (Å²) in [6, 6.07) is 6.10. The van der Waals surface area contributed by atoms with Crippen LogP contribution in [0, 0.1) is 11.6 Å². The maximum absolute atomic E-state index is 13.6. The molecular weight excluding hydrogens is 294 g/mol. The third-order valence-electron chi connectivity index (χ3n) is 3.09. The molecule has 0 saturated carbocycles. The molecule has 0 radical (unpaired) electrons. The molecule has 0 fully saturated rings. The Morgan fingerprint density at radius 1 is 1.29 bits per heavy atom. The van der Waals surface area contributed by atoms with Gasteiger partial charge in [-0.15, -0.1) is 11.3 Å². The predicted octanol–water partition coefficient (Wildman–Crippen LogP) is 2.77. The summed E-state index contributed by atoms with van der Waals surface area (Å²) >= 11 is 1.39. The number of rotatable bonds is 5. The van der Waals surface area contributed by atoms with Crippen LogP contribution in [0.4, 0.5) is 8.78 Å². The van der Waals surface area contributed by atoms with E-state index in [0.717, 1.165) is 4.88 Å². The van der Waals surface area contributed by atoms with Crippen LogP contribution in [0.5, 0.6) is 0 Å². The molecule has 6 heteroatoms. The van der Waals surface area contributed by atoms with E-state index < -0.39 is 23.7 Å². The van der Waals surface area contributed by atoms with Gasteiger partial charge in [0.15, 0.2) is 0 Å².